The fourth-order valence-corrected chi connectivity index (χ4v) is 3.66. The Balaban J connectivity index is 1.68. The number of hydrogen-bond acceptors (Lipinski definition) is 4. The van der Waals surface area contributed by atoms with Crippen LogP contribution in [0.4, 0.5) is 0 Å². The molecule has 7 heteroatoms. The molecule has 1 fully saturated rings. The third-order valence-electron chi connectivity index (χ3n) is 4.81. The predicted molar refractivity (Wildman–Crippen MR) is 103 cm³/mol. The highest BCUT2D eigenvalue weighted by molar-refractivity contribution is 6.33. The summed E-state index contributed by atoms with van der Waals surface area (Å²) in [7, 11) is 0. The Labute approximate surface area is 163 Å². The number of hydrogen-bond donors (Lipinski definition) is 1. The molecule has 1 saturated carbocycles. The minimum Gasteiger partial charge on any atom is -0.449 e. The first-order valence-corrected chi connectivity index (χ1v) is 9.67. The molecule has 144 valence electrons. The van der Waals surface area contributed by atoms with Crippen LogP contribution in [0.25, 0.3) is 5.69 Å². The first-order valence-electron chi connectivity index (χ1n) is 9.29. The van der Waals surface area contributed by atoms with Crippen molar-refractivity contribution in [1.82, 2.24) is 15.1 Å². The van der Waals surface area contributed by atoms with Crippen molar-refractivity contribution in [3.8, 4) is 5.69 Å². The lowest BCUT2D eigenvalue weighted by atomic mass is 9.95. The van der Waals surface area contributed by atoms with Gasteiger partial charge in [-0.2, -0.15) is 5.10 Å². The maximum Gasteiger partial charge on any atom is 0.344 e. The summed E-state index contributed by atoms with van der Waals surface area (Å²) in [5, 5.41) is 7.47. The molecular formula is C20H24ClN3O3. The summed E-state index contributed by atoms with van der Waals surface area (Å²) in [5.74, 6) is -0.926. The van der Waals surface area contributed by atoms with Gasteiger partial charge in [-0.15, -0.1) is 0 Å². The van der Waals surface area contributed by atoms with Gasteiger partial charge < -0.3 is 10.1 Å². The molecule has 1 aliphatic rings. The quantitative estimate of drug-likeness (QED) is 0.789. The number of aryl methyl sites for hydroxylation is 1. The second-order valence-electron chi connectivity index (χ2n) is 6.89. The number of amides is 1. The lowest BCUT2D eigenvalue weighted by Gasteiger charge is -2.24. The van der Waals surface area contributed by atoms with Gasteiger partial charge in [-0.25, -0.2) is 9.48 Å². The number of benzene rings is 1. The Kier molecular flexibility index (Phi) is 6.16. The van der Waals surface area contributed by atoms with E-state index in [9.17, 15) is 9.59 Å². The molecule has 2 aromatic rings. The maximum absolute atomic E-state index is 12.6. The van der Waals surface area contributed by atoms with Crippen molar-refractivity contribution in [3.05, 3.63) is 46.7 Å². The average molecular weight is 390 g/mol. The number of nitrogens with one attached hydrogen (secondary N) is 1. The standard InChI is InChI=1S/C20H24ClN3O3/c1-13-17(18(21)24(23-13)16-11-7-4-8-12-16)20(26)27-14(2)19(25)22-15-9-5-3-6-10-15/h4,7-8,11-12,14-15H,3,5-6,9-10H2,1-2H3,(H,22,25)/t14-/m0/s1. The fraction of sp³-hybridized carbons (Fsp3) is 0.450. The van der Waals surface area contributed by atoms with Crippen molar-refractivity contribution >= 4 is 23.5 Å². The molecule has 0 saturated heterocycles. The van der Waals surface area contributed by atoms with Crippen LogP contribution in [-0.2, 0) is 9.53 Å². The molecule has 0 radical (unpaired) electrons. The van der Waals surface area contributed by atoms with Crippen LogP contribution in [0.15, 0.2) is 30.3 Å². The zero-order valence-corrected chi connectivity index (χ0v) is 16.3. The summed E-state index contributed by atoms with van der Waals surface area (Å²) in [6.45, 7) is 3.26. The third kappa shape index (κ3) is 4.50. The van der Waals surface area contributed by atoms with Gasteiger partial charge in [-0.05, 0) is 38.8 Å². The molecule has 0 unspecified atom stereocenters. The molecule has 1 aliphatic carbocycles. The SMILES string of the molecule is Cc1nn(-c2ccccc2)c(Cl)c1C(=O)O[C@@H](C)C(=O)NC1CCCCC1. The molecule has 1 aromatic carbocycles. The van der Waals surface area contributed by atoms with E-state index < -0.39 is 12.1 Å². The average Bonchev–Trinajstić information content (AvgIpc) is 2.97. The first-order chi connectivity index (χ1) is 13.0. The zero-order chi connectivity index (χ0) is 19.4. The van der Waals surface area contributed by atoms with E-state index in [2.05, 4.69) is 10.4 Å². The second-order valence-corrected chi connectivity index (χ2v) is 7.25. The van der Waals surface area contributed by atoms with E-state index in [4.69, 9.17) is 16.3 Å². The number of para-hydroxylation sites is 1. The van der Waals surface area contributed by atoms with E-state index in [0.29, 0.717) is 5.69 Å². The lowest BCUT2D eigenvalue weighted by Crippen LogP contribution is -2.42. The summed E-state index contributed by atoms with van der Waals surface area (Å²) in [6.07, 6.45) is 4.50. The van der Waals surface area contributed by atoms with Crippen molar-refractivity contribution in [1.29, 1.82) is 0 Å². The van der Waals surface area contributed by atoms with E-state index in [-0.39, 0.29) is 22.7 Å². The van der Waals surface area contributed by atoms with Crippen LogP contribution >= 0.6 is 11.6 Å². The molecule has 1 N–H and O–H groups in total. The highest BCUT2D eigenvalue weighted by atomic mass is 35.5. The number of rotatable bonds is 5. The van der Waals surface area contributed by atoms with Crippen LogP contribution in [0.5, 0.6) is 0 Å². The number of aromatic nitrogens is 2. The Morgan fingerprint density at radius 3 is 2.56 bits per heavy atom. The molecule has 0 bridgehead atoms. The third-order valence-corrected chi connectivity index (χ3v) is 5.16. The molecule has 6 nitrogen and oxygen atoms in total. The largest absolute Gasteiger partial charge is 0.449 e. The van der Waals surface area contributed by atoms with Crippen LogP contribution in [0.1, 0.15) is 55.1 Å². The first kappa shape index (κ1) is 19.4. The number of nitrogens with zero attached hydrogens (tertiary/aromatic N) is 2. The van der Waals surface area contributed by atoms with E-state index in [1.807, 2.05) is 30.3 Å². The highest BCUT2D eigenvalue weighted by Crippen LogP contribution is 2.25. The Bertz CT molecular complexity index is 813. The van der Waals surface area contributed by atoms with Crippen molar-refractivity contribution in [2.45, 2.75) is 58.1 Å². The minimum absolute atomic E-state index is 0.165. The Morgan fingerprint density at radius 2 is 1.89 bits per heavy atom. The molecule has 0 spiro atoms. The van der Waals surface area contributed by atoms with Gasteiger partial charge in [0, 0.05) is 6.04 Å². The van der Waals surface area contributed by atoms with Crippen molar-refractivity contribution < 1.29 is 14.3 Å². The van der Waals surface area contributed by atoms with Gasteiger partial charge in [0.15, 0.2) is 6.10 Å². The summed E-state index contributed by atoms with van der Waals surface area (Å²) in [5.41, 5.74) is 1.37. The van der Waals surface area contributed by atoms with Crippen molar-refractivity contribution in [3.63, 3.8) is 0 Å². The fourth-order valence-electron chi connectivity index (χ4n) is 3.31. The Morgan fingerprint density at radius 1 is 1.22 bits per heavy atom. The zero-order valence-electron chi connectivity index (χ0n) is 15.6. The topological polar surface area (TPSA) is 73.2 Å². The predicted octanol–water partition coefficient (Wildman–Crippen LogP) is 3.83. The second kappa shape index (κ2) is 8.57. The van der Waals surface area contributed by atoms with Crippen LogP contribution in [0.3, 0.4) is 0 Å². The van der Waals surface area contributed by atoms with Gasteiger partial charge in [-0.1, -0.05) is 49.1 Å². The van der Waals surface area contributed by atoms with Crippen LogP contribution in [0, 0.1) is 6.92 Å². The molecule has 1 heterocycles. The minimum atomic E-state index is -0.894. The van der Waals surface area contributed by atoms with E-state index in [1.165, 1.54) is 11.1 Å². The van der Waals surface area contributed by atoms with E-state index >= 15 is 0 Å². The summed E-state index contributed by atoms with van der Waals surface area (Å²) in [4.78, 5) is 24.9. The number of halogens is 1. The molecular weight excluding hydrogens is 366 g/mol. The van der Waals surface area contributed by atoms with Gasteiger partial charge >= 0.3 is 5.97 Å². The van der Waals surface area contributed by atoms with Crippen molar-refractivity contribution in [2.75, 3.05) is 0 Å². The number of carbonyl (C=O) groups is 2. The van der Waals surface area contributed by atoms with Gasteiger partial charge in [0.1, 0.15) is 10.7 Å². The molecule has 1 atom stereocenters. The smallest absolute Gasteiger partial charge is 0.344 e. The van der Waals surface area contributed by atoms with Gasteiger partial charge in [0.05, 0.1) is 11.4 Å². The number of carbonyl (C=O) groups excluding carboxylic acids is 2. The van der Waals surface area contributed by atoms with Crippen LogP contribution < -0.4 is 5.32 Å². The van der Waals surface area contributed by atoms with Gasteiger partial charge in [0.2, 0.25) is 0 Å². The lowest BCUT2D eigenvalue weighted by molar-refractivity contribution is -0.130. The summed E-state index contributed by atoms with van der Waals surface area (Å²) < 4.78 is 6.85. The summed E-state index contributed by atoms with van der Waals surface area (Å²) in [6, 6.07) is 9.45. The summed E-state index contributed by atoms with van der Waals surface area (Å²) >= 11 is 6.38. The number of esters is 1. The molecule has 3 rings (SSSR count). The Hall–Kier alpha value is -2.34. The van der Waals surface area contributed by atoms with Gasteiger partial charge in [-0.3, -0.25) is 4.79 Å². The van der Waals surface area contributed by atoms with Gasteiger partial charge in [0.25, 0.3) is 5.91 Å². The van der Waals surface area contributed by atoms with Crippen molar-refractivity contribution in [2.24, 2.45) is 0 Å². The van der Waals surface area contributed by atoms with Crippen LogP contribution in [0.2, 0.25) is 5.15 Å². The molecule has 1 aromatic heterocycles. The highest BCUT2D eigenvalue weighted by Gasteiger charge is 2.27. The number of ether oxygens (including phenoxy) is 1. The normalized spacial score (nSPS) is 16.0. The van der Waals surface area contributed by atoms with E-state index in [0.717, 1.165) is 31.4 Å². The molecule has 27 heavy (non-hydrogen) atoms. The monoisotopic (exact) mass is 389 g/mol. The van der Waals surface area contributed by atoms with E-state index in [1.54, 1.807) is 13.8 Å². The maximum atomic E-state index is 12.6. The van der Waals surface area contributed by atoms with Crippen LogP contribution in [-0.4, -0.2) is 33.8 Å². The molecule has 1 amide bonds. The molecule has 0 aliphatic heterocycles.